The van der Waals surface area contributed by atoms with Gasteiger partial charge in [0, 0.05) is 27.7 Å². The topological polar surface area (TPSA) is 71.2 Å². The minimum Gasteiger partial charge on any atom is -0.368 e. The fraction of sp³-hybridized carbons (Fsp3) is 0.727. The minimum absolute atomic E-state index is 0.175. The lowest BCUT2D eigenvalue weighted by atomic mass is 9.96. The molecule has 0 unspecified atom stereocenters. The van der Waals surface area contributed by atoms with E-state index >= 15 is 0 Å². The first kappa shape index (κ1) is 13.5. The molecule has 0 aliphatic heterocycles. The first-order valence-corrected chi connectivity index (χ1v) is 5.59. The molecule has 0 saturated carbocycles. The monoisotopic (exact) mass is 238 g/mol. The maximum Gasteiger partial charge on any atom is 0.231 e. The van der Waals surface area contributed by atoms with E-state index < -0.39 is 0 Å². The Labute approximate surface area is 103 Å². The minimum atomic E-state index is 0.175. The molecule has 17 heavy (non-hydrogen) atoms. The van der Waals surface area contributed by atoms with Gasteiger partial charge in [-0.25, -0.2) is 0 Å². The molecule has 0 fully saturated rings. The predicted molar refractivity (Wildman–Crippen MR) is 71.3 cm³/mol. The van der Waals surface area contributed by atoms with E-state index in [-0.39, 0.29) is 11.4 Å². The third-order valence-corrected chi connectivity index (χ3v) is 2.08. The molecular weight excluding hydrogens is 216 g/mol. The Balaban J connectivity index is 2.97. The van der Waals surface area contributed by atoms with Gasteiger partial charge in [-0.3, -0.25) is 0 Å². The van der Waals surface area contributed by atoms with Crippen LogP contribution in [0.4, 0.5) is 17.8 Å². The summed E-state index contributed by atoms with van der Waals surface area (Å²) < 4.78 is 0. The third kappa shape index (κ3) is 4.05. The van der Waals surface area contributed by atoms with Crippen molar-refractivity contribution in [2.45, 2.75) is 20.8 Å². The molecule has 2 N–H and O–H groups in total. The van der Waals surface area contributed by atoms with Crippen molar-refractivity contribution in [1.82, 2.24) is 15.0 Å². The molecule has 1 aromatic heterocycles. The van der Waals surface area contributed by atoms with Gasteiger partial charge in [-0.2, -0.15) is 15.0 Å². The molecule has 0 saturated heterocycles. The summed E-state index contributed by atoms with van der Waals surface area (Å²) in [5, 5.41) is 0. The molecule has 0 radical (unpaired) electrons. The van der Waals surface area contributed by atoms with E-state index in [0.29, 0.717) is 11.9 Å². The third-order valence-electron chi connectivity index (χ3n) is 2.08. The van der Waals surface area contributed by atoms with Crippen molar-refractivity contribution in [2.75, 3.05) is 43.2 Å². The molecule has 1 heterocycles. The number of hydrogen-bond acceptors (Lipinski definition) is 6. The van der Waals surface area contributed by atoms with E-state index in [1.807, 2.05) is 30.9 Å². The summed E-state index contributed by atoms with van der Waals surface area (Å²) in [5.74, 6) is 1.43. The van der Waals surface area contributed by atoms with E-state index in [4.69, 9.17) is 5.73 Å². The molecular formula is C11H22N6. The van der Waals surface area contributed by atoms with Crippen LogP contribution in [0.2, 0.25) is 0 Å². The number of nitrogens with two attached hydrogens (primary N) is 1. The molecule has 1 rings (SSSR count). The zero-order chi connectivity index (χ0) is 13.2. The van der Waals surface area contributed by atoms with Crippen LogP contribution >= 0.6 is 0 Å². The number of nitrogen functional groups attached to an aromatic ring is 1. The van der Waals surface area contributed by atoms with Crippen LogP contribution < -0.4 is 15.5 Å². The van der Waals surface area contributed by atoms with Crippen LogP contribution in [-0.4, -0.2) is 42.6 Å². The predicted octanol–water partition coefficient (Wildman–Crippen LogP) is 1.00. The SMILES string of the molecule is CN(C)c1nc(N)nc(N(C)CC(C)(C)C)n1. The maximum absolute atomic E-state index is 5.68. The highest BCUT2D eigenvalue weighted by Crippen LogP contribution is 2.19. The largest absolute Gasteiger partial charge is 0.368 e. The lowest BCUT2D eigenvalue weighted by molar-refractivity contribution is 0.416. The molecule has 0 atom stereocenters. The van der Waals surface area contributed by atoms with Gasteiger partial charge in [0.2, 0.25) is 17.8 Å². The van der Waals surface area contributed by atoms with Crippen LogP contribution in [0.1, 0.15) is 20.8 Å². The fourth-order valence-corrected chi connectivity index (χ4v) is 1.52. The van der Waals surface area contributed by atoms with Crippen molar-refractivity contribution in [3.8, 4) is 0 Å². The van der Waals surface area contributed by atoms with Crippen LogP contribution in [0.3, 0.4) is 0 Å². The Hall–Kier alpha value is -1.59. The fourth-order valence-electron chi connectivity index (χ4n) is 1.52. The molecule has 96 valence electrons. The zero-order valence-corrected chi connectivity index (χ0v) is 11.5. The van der Waals surface area contributed by atoms with E-state index in [9.17, 15) is 0 Å². The molecule has 0 bridgehead atoms. The summed E-state index contributed by atoms with van der Waals surface area (Å²) >= 11 is 0. The van der Waals surface area contributed by atoms with Gasteiger partial charge in [0.15, 0.2) is 0 Å². The average Bonchev–Trinajstić information content (AvgIpc) is 2.13. The first-order valence-electron chi connectivity index (χ1n) is 5.59. The van der Waals surface area contributed by atoms with Crippen LogP contribution in [0.15, 0.2) is 0 Å². The van der Waals surface area contributed by atoms with Gasteiger partial charge in [0.25, 0.3) is 0 Å². The number of rotatable bonds is 3. The standard InChI is InChI=1S/C11H22N6/c1-11(2,3)7-17(6)10-14-8(12)13-9(15-10)16(4)5/h7H2,1-6H3,(H2,12,13,14,15). The molecule has 0 spiro atoms. The van der Waals surface area contributed by atoms with Crippen molar-refractivity contribution in [3.05, 3.63) is 0 Å². The first-order chi connectivity index (χ1) is 7.69. The van der Waals surface area contributed by atoms with Crippen molar-refractivity contribution in [2.24, 2.45) is 5.41 Å². The summed E-state index contributed by atoms with van der Waals surface area (Å²) in [6.45, 7) is 7.35. The zero-order valence-electron chi connectivity index (χ0n) is 11.5. The Bertz CT molecular complexity index is 382. The Morgan fingerprint density at radius 1 is 1.00 bits per heavy atom. The summed E-state index contributed by atoms with van der Waals surface area (Å²) in [4.78, 5) is 16.4. The smallest absolute Gasteiger partial charge is 0.231 e. The average molecular weight is 238 g/mol. The highest BCUT2D eigenvalue weighted by atomic mass is 15.3. The molecule has 0 aliphatic carbocycles. The Morgan fingerprint density at radius 2 is 1.53 bits per heavy atom. The van der Waals surface area contributed by atoms with Gasteiger partial charge in [-0.1, -0.05) is 20.8 Å². The second-order valence-corrected chi connectivity index (χ2v) is 5.60. The number of anilines is 3. The van der Waals surface area contributed by atoms with Gasteiger partial charge in [-0.15, -0.1) is 0 Å². The van der Waals surface area contributed by atoms with Gasteiger partial charge in [-0.05, 0) is 5.41 Å². The maximum atomic E-state index is 5.68. The molecule has 1 aromatic rings. The quantitative estimate of drug-likeness (QED) is 0.847. The molecule has 0 aromatic carbocycles. The second kappa shape index (κ2) is 4.73. The van der Waals surface area contributed by atoms with Gasteiger partial charge >= 0.3 is 0 Å². The highest BCUT2D eigenvalue weighted by molar-refractivity contribution is 5.42. The molecule has 0 aliphatic rings. The summed E-state index contributed by atoms with van der Waals surface area (Å²) in [6, 6.07) is 0. The molecule has 6 heteroatoms. The van der Waals surface area contributed by atoms with Crippen LogP contribution in [0.25, 0.3) is 0 Å². The number of aromatic nitrogens is 3. The Kier molecular flexibility index (Phi) is 3.75. The normalized spacial score (nSPS) is 11.4. The lowest BCUT2D eigenvalue weighted by Gasteiger charge is -2.27. The van der Waals surface area contributed by atoms with Gasteiger partial charge in [0.1, 0.15) is 0 Å². The van der Waals surface area contributed by atoms with Crippen molar-refractivity contribution in [3.63, 3.8) is 0 Å². The van der Waals surface area contributed by atoms with Gasteiger partial charge in [0.05, 0.1) is 0 Å². The van der Waals surface area contributed by atoms with Crippen LogP contribution in [0.5, 0.6) is 0 Å². The van der Waals surface area contributed by atoms with E-state index in [1.165, 1.54) is 0 Å². The Morgan fingerprint density at radius 3 is 2.00 bits per heavy atom. The van der Waals surface area contributed by atoms with Gasteiger partial charge < -0.3 is 15.5 Å². The van der Waals surface area contributed by atoms with Crippen molar-refractivity contribution in [1.29, 1.82) is 0 Å². The van der Waals surface area contributed by atoms with Crippen molar-refractivity contribution >= 4 is 17.8 Å². The number of hydrogen-bond donors (Lipinski definition) is 1. The van der Waals surface area contributed by atoms with E-state index in [0.717, 1.165) is 6.54 Å². The second-order valence-electron chi connectivity index (χ2n) is 5.60. The highest BCUT2D eigenvalue weighted by Gasteiger charge is 2.17. The van der Waals surface area contributed by atoms with E-state index in [1.54, 1.807) is 0 Å². The van der Waals surface area contributed by atoms with E-state index in [2.05, 4.69) is 35.7 Å². The van der Waals surface area contributed by atoms with Crippen LogP contribution in [0, 0.1) is 5.41 Å². The summed E-state index contributed by atoms with van der Waals surface area (Å²) in [7, 11) is 5.71. The molecule has 6 nitrogen and oxygen atoms in total. The summed E-state index contributed by atoms with van der Waals surface area (Å²) in [5.41, 5.74) is 5.86. The number of nitrogens with zero attached hydrogens (tertiary/aromatic N) is 5. The van der Waals surface area contributed by atoms with Crippen molar-refractivity contribution < 1.29 is 0 Å². The summed E-state index contributed by atoms with van der Waals surface area (Å²) in [6.07, 6.45) is 0. The molecule has 0 amide bonds. The van der Waals surface area contributed by atoms with Crippen LogP contribution in [-0.2, 0) is 0 Å². The lowest BCUT2D eigenvalue weighted by Crippen LogP contribution is -2.31.